The quantitative estimate of drug-likeness (QED) is 0.431. The van der Waals surface area contributed by atoms with Crippen molar-refractivity contribution in [1.82, 2.24) is 0 Å². The van der Waals surface area contributed by atoms with Crippen LogP contribution in [0.25, 0.3) is 0 Å². The van der Waals surface area contributed by atoms with Crippen molar-refractivity contribution in [3.05, 3.63) is 0 Å². The molecule has 4 saturated carbocycles. The first kappa shape index (κ1) is 20.3. The van der Waals surface area contributed by atoms with Gasteiger partial charge in [-0.3, -0.25) is 0 Å². The Hall–Kier alpha value is 0.999. The van der Waals surface area contributed by atoms with E-state index >= 15 is 0 Å². The number of hydrogen-bond acceptors (Lipinski definition) is 0. The number of fused-ring (bicyclic) bond motifs is 2. The van der Waals surface area contributed by atoms with E-state index in [1.54, 1.807) is 0 Å². The molecule has 0 heterocycles. The minimum Gasteiger partial charge on any atom is -2.00 e. The van der Waals surface area contributed by atoms with Gasteiger partial charge in [0.05, 0.1) is 0 Å². The SMILES string of the molecule is CC1CCC2C(C)(C)[C]2([Fe+])C1.CC1CCC2C(C)(C)[C]2([Fe+])C1.[O-2]. The van der Waals surface area contributed by atoms with E-state index in [0.29, 0.717) is 19.5 Å². The van der Waals surface area contributed by atoms with E-state index in [1.165, 1.54) is 38.5 Å². The summed E-state index contributed by atoms with van der Waals surface area (Å²) in [5.41, 5.74) is 1.11. The second kappa shape index (κ2) is 6.02. The van der Waals surface area contributed by atoms with Gasteiger partial charge in [0.2, 0.25) is 0 Å². The molecular weight excluding hydrogens is 368 g/mol. The third kappa shape index (κ3) is 2.91. The van der Waals surface area contributed by atoms with Gasteiger partial charge in [-0.05, 0) is 0 Å². The monoisotopic (exact) mass is 402 g/mol. The Morgan fingerprint density at radius 2 is 0.957 bits per heavy atom. The maximum absolute atomic E-state index is 4.41. The summed E-state index contributed by atoms with van der Waals surface area (Å²) < 4.78 is 0.926. The molecule has 23 heavy (non-hydrogen) atoms. The molecule has 0 bridgehead atoms. The summed E-state index contributed by atoms with van der Waals surface area (Å²) in [7, 11) is 0. The molecular formula is C20H34Fe2O. The molecule has 6 atom stereocenters. The first-order valence-corrected chi connectivity index (χ1v) is 10.4. The molecule has 4 aliphatic rings. The van der Waals surface area contributed by atoms with E-state index < -0.39 is 0 Å². The molecule has 0 aromatic rings. The summed E-state index contributed by atoms with van der Waals surface area (Å²) in [5, 5.41) is 0. The molecule has 4 aliphatic carbocycles. The van der Waals surface area contributed by atoms with Crippen LogP contribution in [0.3, 0.4) is 0 Å². The van der Waals surface area contributed by atoms with Crippen LogP contribution < -0.4 is 0 Å². The molecule has 1 nitrogen and oxygen atoms in total. The number of hydrogen-bond donors (Lipinski definition) is 0. The van der Waals surface area contributed by atoms with Gasteiger partial charge in [0, 0.05) is 0 Å². The molecule has 0 amide bonds. The third-order valence-electron chi connectivity index (χ3n) is 7.95. The smallest absolute Gasteiger partial charge is 2.00 e. The van der Waals surface area contributed by atoms with Crippen LogP contribution >= 0.6 is 0 Å². The van der Waals surface area contributed by atoms with Crippen molar-refractivity contribution in [1.29, 1.82) is 0 Å². The van der Waals surface area contributed by atoms with Gasteiger partial charge in [-0.25, -0.2) is 0 Å². The van der Waals surface area contributed by atoms with Crippen molar-refractivity contribution >= 4 is 0 Å². The van der Waals surface area contributed by atoms with Gasteiger partial charge < -0.3 is 5.48 Å². The van der Waals surface area contributed by atoms with E-state index in [2.05, 4.69) is 73.6 Å². The second-order valence-corrected chi connectivity index (χ2v) is 12.0. The fourth-order valence-corrected chi connectivity index (χ4v) is 7.99. The van der Waals surface area contributed by atoms with E-state index in [9.17, 15) is 0 Å². The van der Waals surface area contributed by atoms with Crippen molar-refractivity contribution < 1.29 is 37.5 Å². The summed E-state index contributed by atoms with van der Waals surface area (Å²) in [6, 6.07) is 0. The molecule has 0 radical (unpaired) electrons. The topological polar surface area (TPSA) is 28.5 Å². The summed E-state index contributed by atoms with van der Waals surface area (Å²) in [6.45, 7) is 14.3. The minimum absolute atomic E-state index is 0. The van der Waals surface area contributed by atoms with Gasteiger partial charge in [0.25, 0.3) is 0 Å². The molecule has 3 heteroatoms. The van der Waals surface area contributed by atoms with Crippen molar-refractivity contribution in [2.45, 2.75) is 88.7 Å². The maximum atomic E-state index is 4.41. The third-order valence-corrected chi connectivity index (χ3v) is 10.6. The Labute approximate surface area is 160 Å². The Balaban J connectivity index is 0.000000160. The van der Waals surface area contributed by atoms with Gasteiger partial charge in [0.15, 0.2) is 0 Å². The van der Waals surface area contributed by atoms with Gasteiger partial charge in [-0.2, -0.15) is 0 Å². The van der Waals surface area contributed by atoms with Crippen LogP contribution in [0.15, 0.2) is 0 Å². The molecule has 0 saturated heterocycles. The molecule has 0 N–H and O–H groups in total. The molecule has 0 aromatic carbocycles. The zero-order valence-corrected chi connectivity index (χ0v) is 17.9. The Kier molecular flexibility index (Phi) is 5.32. The second-order valence-electron chi connectivity index (χ2n) is 10.0. The first-order chi connectivity index (χ1) is 9.97. The summed E-state index contributed by atoms with van der Waals surface area (Å²) >= 11 is 8.81. The molecule has 0 aromatic heterocycles. The van der Waals surface area contributed by atoms with Crippen molar-refractivity contribution in [3.8, 4) is 0 Å². The van der Waals surface area contributed by atoms with Gasteiger partial charge in [0.1, 0.15) is 0 Å². The minimum atomic E-state index is 0. The predicted octanol–water partition coefficient (Wildman–Crippen LogP) is 6.22. The average molecular weight is 402 g/mol. The van der Waals surface area contributed by atoms with Crippen molar-refractivity contribution in [2.24, 2.45) is 34.5 Å². The predicted molar refractivity (Wildman–Crippen MR) is 86.6 cm³/mol. The number of rotatable bonds is 0. The Morgan fingerprint density at radius 3 is 1.17 bits per heavy atom. The molecule has 6 unspecified atom stereocenters. The van der Waals surface area contributed by atoms with Crippen LogP contribution in [0.5, 0.6) is 0 Å². The van der Waals surface area contributed by atoms with Gasteiger partial charge in [-0.15, -0.1) is 0 Å². The van der Waals surface area contributed by atoms with Crippen LogP contribution in [0.1, 0.15) is 80.1 Å². The van der Waals surface area contributed by atoms with Gasteiger partial charge in [-0.1, -0.05) is 0 Å². The largest absolute Gasteiger partial charge is 2.00 e. The molecule has 0 aliphatic heterocycles. The Morgan fingerprint density at radius 1 is 0.652 bits per heavy atom. The fraction of sp³-hybridized carbons (Fsp3) is 1.00. The fourth-order valence-electron chi connectivity index (χ4n) is 5.88. The molecule has 4 rings (SSSR count). The van der Waals surface area contributed by atoms with Crippen LogP contribution in [0.2, 0.25) is 8.63 Å². The van der Waals surface area contributed by atoms with Crippen LogP contribution in [0.4, 0.5) is 0 Å². The normalized spacial score (nSPS) is 51.1. The zero-order chi connectivity index (χ0) is 16.6. The van der Waals surface area contributed by atoms with E-state index in [1.807, 2.05) is 0 Å². The first-order valence-electron chi connectivity index (χ1n) is 9.32. The molecule has 136 valence electrons. The Bertz CT molecular complexity index is 419. The summed E-state index contributed by atoms with van der Waals surface area (Å²) in [6.07, 6.45) is 8.46. The van der Waals surface area contributed by atoms with E-state index in [4.69, 9.17) is 0 Å². The zero-order valence-electron chi connectivity index (χ0n) is 15.7. The van der Waals surface area contributed by atoms with Crippen molar-refractivity contribution in [2.75, 3.05) is 0 Å². The van der Waals surface area contributed by atoms with Crippen LogP contribution in [-0.2, 0) is 37.5 Å². The summed E-state index contributed by atoms with van der Waals surface area (Å²) in [5.74, 6) is 3.72. The van der Waals surface area contributed by atoms with Crippen molar-refractivity contribution in [3.63, 3.8) is 0 Å². The standard InChI is InChI=1S/2C10H17.2Fe.O/c2*1-7-4-5-8-9(6-7)10(8,2)3;;;/h2*7-8H,4-6H2,1-3H3;;;/q;;2*+1;-2. The maximum Gasteiger partial charge on any atom is -2.00 e. The molecule has 0 spiro atoms. The van der Waals surface area contributed by atoms with E-state index in [0.717, 1.165) is 23.7 Å². The average Bonchev–Trinajstić information content (AvgIpc) is 3.01. The van der Waals surface area contributed by atoms with Gasteiger partial charge >= 0.3 is 155 Å². The summed E-state index contributed by atoms with van der Waals surface area (Å²) in [4.78, 5) is 0. The van der Waals surface area contributed by atoms with Crippen LogP contribution in [-0.4, -0.2) is 0 Å². The van der Waals surface area contributed by atoms with Crippen LogP contribution in [0, 0.1) is 34.5 Å². The van der Waals surface area contributed by atoms with E-state index in [-0.39, 0.29) is 5.48 Å². The molecule has 4 fully saturated rings.